The van der Waals surface area contributed by atoms with Crippen LogP contribution in [0.3, 0.4) is 0 Å². The molecule has 0 aromatic carbocycles. The summed E-state index contributed by atoms with van der Waals surface area (Å²) in [6, 6.07) is 1.58. The Balaban J connectivity index is 1.74. The second-order valence-corrected chi connectivity index (χ2v) is 7.85. The van der Waals surface area contributed by atoms with Gasteiger partial charge in [0.05, 0.1) is 11.1 Å². The summed E-state index contributed by atoms with van der Waals surface area (Å²) < 4.78 is 28.2. The van der Waals surface area contributed by atoms with Crippen molar-refractivity contribution in [2.75, 3.05) is 31.1 Å². The lowest BCUT2D eigenvalue weighted by Crippen LogP contribution is -2.49. The maximum Gasteiger partial charge on any atom is 0.260 e. The first kappa shape index (κ1) is 15.3. The van der Waals surface area contributed by atoms with Crippen LogP contribution in [-0.4, -0.2) is 58.8 Å². The molecule has 1 saturated heterocycles. The van der Waals surface area contributed by atoms with Crippen molar-refractivity contribution in [3.63, 3.8) is 0 Å². The number of aromatic hydroxyl groups is 1. The Morgan fingerprint density at radius 3 is 2.45 bits per heavy atom. The van der Waals surface area contributed by atoms with Gasteiger partial charge in [-0.15, -0.1) is 11.3 Å². The summed E-state index contributed by atoms with van der Waals surface area (Å²) in [6.07, 6.45) is 0. The molecule has 0 unspecified atom stereocenters. The summed E-state index contributed by atoms with van der Waals surface area (Å²) in [6.45, 7) is 3.62. The van der Waals surface area contributed by atoms with Crippen molar-refractivity contribution in [3.05, 3.63) is 17.1 Å². The van der Waals surface area contributed by atoms with Gasteiger partial charge in [-0.1, -0.05) is 0 Å². The molecule has 10 heteroatoms. The molecule has 0 spiro atoms. The highest BCUT2D eigenvalue weighted by atomic mass is 32.2. The van der Waals surface area contributed by atoms with Gasteiger partial charge in [-0.3, -0.25) is 4.68 Å². The molecular formula is C12H17N5O3S2. The van der Waals surface area contributed by atoms with E-state index in [1.165, 1.54) is 20.3 Å². The predicted molar refractivity (Wildman–Crippen MR) is 82.7 cm³/mol. The van der Waals surface area contributed by atoms with Gasteiger partial charge in [0.25, 0.3) is 10.0 Å². The monoisotopic (exact) mass is 343 g/mol. The van der Waals surface area contributed by atoms with Gasteiger partial charge in [-0.25, -0.2) is 8.42 Å². The maximum atomic E-state index is 12.7. The van der Waals surface area contributed by atoms with E-state index in [4.69, 9.17) is 0 Å². The molecule has 0 radical (unpaired) electrons. The van der Waals surface area contributed by atoms with Crippen molar-refractivity contribution in [3.8, 4) is 5.88 Å². The Morgan fingerprint density at radius 2 is 1.95 bits per heavy atom. The summed E-state index contributed by atoms with van der Waals surface area (Å²) in [5, 5.41) is 15.9. The third-order valence-corrected chi connectivity index (χ3v) is 6.40. The number of thiazole rings is 1. The molecular weight excluding hydrogens is 326 g/mol. The van der Waals surface area contributed by atoms with Crippen LogP contribution in [0.1, 0.15) is 5.69 Å². The van der Waals surface area contributed by atoms with Gasteiger partial charge in [0.1, 0.15) is 0 Å². The van der Waals surface area contributed by atoms with Crippen LogP contribution < -0.4 is 4.90 Å². The fourth-order valence-electron chi connectivity index (χ4n) is 2.48. The first-order valence-corrected chi connectivity index (χ1v) is 9.10. The number of hydrogen-bond acceptors (Lipinski definition) is 7. The number of anilines is 1. The van der Waals surface area contributed by atoms with E-state index in [1.54, 1.807) is 25.4 Å². The fraction of sp³-hybridized carbons (Fsp3) is 0.500. The lowest BCUT2D eigenvalue weighted by Gasteiger charge is -2.33. The van der Waals surface area contributed by atoms with Crippen molar-refractivity contribution in [2.24, 2.45) is 7.05 Å². The summed E-state index contributed by atoms with van der Waals surface area (Å²) in [5.74, 6) is 0.000381. The number of nitrogens with zero attached hydrogens (tertiary/aromatic N) is 5. The predicted octanol–water partition coefficient (Wildman–Crippen LogP) is 0.402. The van der Waals surface area contributed by atoms with Crippen LogP contribution in [-0.2, 0) is 17.1 Å². The topological polar surface area (TPSA) is 91.6 Å². The molecule has 0 saturated carbocycles. The van der Waals surface area contributed by atoms with E-state index in [-0.39, 0.29) is 10.9 Å². The van der Waals surface area contributed by atoms with E-state index >= 15 is 0 Å². The zero-order valence-electron chi connectivity index (χ0n) is 12.3. The minimum atomic E-state index is -3.53. The van der Waals surface area contributed by atoms with Gasteiger partial charge in [0.2, 0.25) is 5.88 Å². The first-order chi connectivity index (χ1) is 10.4. The molecule has 0 atom stereocenters. The van der Waals surface area contributed by atoms with E-state index in [1.807, 2.05) is 4.90 Å². The molecule has 0 aliphatic carbocycles. The highest BCUT2D eigenvalue weighted by Gasteiger charge is 2.31. The van der Waals surface area contributed by atoms with E-state index in [2.05, 4.69) is 10.1 Å². The van der Waals surface area contributed by atoms with Crippen LogP contribution in [0.5, 0.6) is 5.88 Å². The summed E-state index contributed by atoms with van der Waals surface area (Å²) in [5.41, 5.74) is 0.679. The SMILES string of the molecule is Cc1cc(S(=O)(=O)N2CCN(c3nc(O)cs3)CC2)n(C)n1. The Labute approximate surface area is 132 Å². The van der Waals surface area contributed by atoms with Crippen LogP contribution in [0, 0.1) is 6.92 Å². The number of sulfonamides is 1. The van der Waals surface area contributed by atoms with Crippen molar-refractivity contribution in [1.82, 2.24) is 19.1 Å². The Bertz CT molecular complexity index is 775. The summed E-state index contributed by atoms with van der Waals surface area (Å²) >= 11 is 1.35. The van der Waals surface area contributed by atoms with E-state index in [0.717, 1.165) is 0 Å². The highest BCUT2D eigenvalue weighted by Crippen LogP contribution is 2.26. The van der Waals surface area contributed by atoms with Gasteiger partial charge in [-0.05, 0) is 13.0 Å². The molecule has 0 amide bonds. The molecule has 8 nitrogen and oxygen atoms in total. The van der Waals surface area contributed by atoms with Gasteiger partial charge in [-0.2, -0.15) is 14.4 Å². The van der Waals surface area contributed by atoms with Crippen molar-refractivity contribution >= 4 is 26.5 Å². The normalized spacial score (nSPS) is 17.1. The molecule has 2 aromatic heterocycles. The minimum Gasteiger partial charge on any atom is -0.493 e. The van der Waals surface area contributed by atoms with E-state index < -0.39 is 10.0 Å². The van der Waals surface area contributed by atoms with Crippen molar-refractivity contribution < 1.29 is 13.5 Å². The third kappa shape index (κ3) is 2.69. The van der Waals surface area contributed by atoms with Crippen LogP contribution in [0.2, 0.25) is 0 Å². The van der Waals surface area contributed by atoms with E-state index in [0.29, 0.717) is 37.0 Å². The number of hydrogen-bond donors (Lipinski definition) is 1. The Hall–Kier alpha value is -1.65. The van der Waals surface area contributed by atoms with Gasteiger partial charge in [0, 0.05) is 33.2 Å². The smallest absolute Gasteiger partial charge is 0.260 e. The van der Waals surface area contributed by atoms with Gasteiger partial charge < -0.3 is 10.0 Å². The van der Waals surface area contributed by atoms with Crippen molar-refractivity contribution in [2.45, 2.75) is 11.9 Å². The third-order valence-electron chi connectivity index (χ3n) is 3.55. The quantitative estimate of drug-likeness (QED) is 0.867. The largest absolute Gasteiger partial charge is 0.493 e. The first-order valence-electron chi connectivity index (χ1n) is 6.78. The molecule has 3 rings (SSSR count). The number of aryl methyl sites for hydroxylation is 2. The number of rotatable bonds is 3. The zero-order chi connectivity index (χ0) is 15.9. The molecule has 1 aliphatic heterocycles. The molecule has 1 fully saturated rings. The number of piperazine rings is 1. The molecule has 2 aromatic rings. The molecule has 1 N–H and O–H groups in total. The van der Waals surface area contributed by atoms with Crippen LogP contribution in [0.4, 0.5) is 5.13 Å². The van der Waals surface area contributed by atoms with Crippen LogP contribution in [0.25, 0.3) is 0 Å². The maximum absolute atomic E-state index is 12.7. The number of aromatic nitrogens is 3. The average molecular weight is 343 g/mol. The standard InChI is InChI=1S/C12H17N5O3S2/c1-9-7-11(15(2)14-9)22(19,20)17-5-3-16(4-6-17)12-13-10(18)8-21-12/h7-8,18H,3-6H2,1-2H3. The fourth-order valence-corrected chi connectivity index (χ4v) is 4.83. The second kappa shape index (κ2) is 5.52. The summed E-state index contributed by atoms with van der Waals surface area (Å²) in [7, 11) is -1.90. The molecule has 3 heterocycles. The Morgan fingerprint density at radius 1 is 1.27 bits per heavy atom. The highest BCUT2D eigenvalue weighted by molar-refractivity contribution is 7.89. The van der Waals surface area contributed by atoms with Crippen LogP contribution >= 0.6 is 11.3 Å². The van der Waals surface area contributed by atoms with Gasteiger partial charge >= 0.3 is 0 Å². The Kier molecular flexibility index (Phi) is 3.83. The average Bonchev–Trinajstić information content (AvgIpc) is 3.05. The lowest BCUT2D eigenvalue weighted by molar-refractivity contribution is 0.379. The second-order valence-electron chi connectivity index (χ2n) is 5.13. The lowest BCUT2D eigenvalue weighted by atomic mass is 10.4. The van der Waals surface area contributed by atoms with Gasteiger partial charge in [0.15, 0.2) is 10.2 Å². The van der Waals surface area contributed by atoms with Crippen molar-refractivity contribution in [1.29, 1.82) is 0 Å². The molecule has 22 heavy (non-hydrogen) atoms. The minimum absolute atomic E-state index is 0.000381. The molecule has 0 bridgehead atoms. The van der Waals surface area contributed by atoms with E-state index in [9.17, 15) is 13.5 Å². The zero-order valence-corrected chi connectivity index (χ0v) is 13.9. The molecule has 120 valence electrons. The summed E-state index contributed by atoms with van der Waals surface area (Å²) in [4.78, 5) is 5.99. The molecule has 1 aliphatic rings. The van der Waals surface area contributed by atoms with Crippen LogP contribution in [0.15, 0.2) is 16.5 Å².